The third-order valence-electron chi connectivity index (χ3n) is 4.27. The van der Waals surface area contributed by atoms with Crippen molar-refractivity contribution in [1.29, 1.82) is 0 Å². The number of halogens is 2. The fourth-order valence-electron chi connectivity index (χ4n) is 2.75. The summed E-state index contributed by atoms with van der Waals surface area (Å²) in [6.45, 7) is 2.25. The van der Waals surface area contributed by atoms with E-state index in [0.717, 1.165) is 17.2 Å². The quantitative estimate of drug-likeness (QED) is 0.529. The molecule has 4 rings (SSSR count). The molecule has 0 saturated heterocycles. The normalized spacial score (nSPS) is 12.2. The fourth-order valence-corrected chi connectivity index (χ4v) is 2.75. The van der Waals surface area contributed by atoms with Gasteiger partial charge in [0.2, 0.25) is 11.7 Å². The van der Waals surface area contributed by atoms with Crippen LogP contribution >= 0.6 is 0 Å². The van der Waals surface area contributed by atoms with Crippen LogP contribution in [0.4, 0.5) is 8.78 Å². The molecule has 1 atom stereocenters. The molecule has 0 saturated carbocycles. The zero-order valence-electron chi connectivity index (χ0n) is 14.9. The Bertz CT molecular complexity index is 1080. The first-order valence-corrected chi connectivity index (χ1v) is 8.57. The molecule has 7 nitrogen and oxygen atoms in total. The van der Waals surface area contributed by atoms with E-state index in [1.807, 2.05) is 6.92 Å². The standard InChI is InChI=1S/C19H16F2N6O/c1-11(19-25-18(27-28-19)12-4-6-22-7-5-12)23-9-13-10-24-26-17(13)15-3-2-14(20)8-16(15)21/h2-8,10-11,23H,9H2,1H3,(H,24,26)/t11-/m1/s1. The lowest BCUT2D eigenvalue weighted by Crippen LogP contribution is -2.18. The monoisotopic (exact) mass is 382 g/mol. The van der Waals surface area contributed by atoms with Crippen molar-refractivity contribution in [3.63, 3.8) is 0 Å². The highest BCUT2D eigenvalue weighted by atomic mass is 19.1. The van der Waals surface area contributed by atoms with Crippen LogP contribution in [0.1, 0.15) is 24.4 Å². The number of hydrogen-bond acceptors (Lipinski definition) is 6. The van der Waals surface area contributed by atoms with E-state index in [1.165, 1.54) is 12.1 Å². The number of pyridine rings is 1. The smallest absolute Gasteiger partial charge is 0.243 e. The van der Waals surface area contributed by atoms with Crippen molar-refractivity contribution in [2.24, 2.45) is 0 Å². The fraction of sp³-hybridized carbons (Fsp3) is 0.158. The number of hydrogen-bond donors (Lipinski definition) is 2. The van der Waals surface area contributed by atoms with Crippen LogP contribution in [0.25, 0.3) is 22.6 Å². The van der Waals surface area contributed by atoms with Crippen molar-refractivity contribution in [3.05, 3.63) is 72.0 Å². The molecule has 0 aliphatic carbocycles. The molecule has 0 fully saturated rings. The average Bonchev–Trinajstić information content (AvgIpc) is 3.37. The second-order valence-electron chi connectivity index (χ2n) is 6.19. The molecule has 0 aliphatic heterocycles. The van der Waals surface area contributed by atoms with E-state index in [9.17, 15) is 8.78 Å². The summed E-state index contributed by atoms with van der Waals surface area (Å²) in [5.74, 6) is -0.388. The zero-order chi connectivity index (χ0) is 19.5. The molecule has 0 amide bonds. The molecule has 2 N–H and O–H groups in total. The van der Waals surface area contributed by atoms with Crippen molar-refractivity contribution in [1.82, 2.24) is 30.6 Å². The van der Waals surface area contributed by atoms with Gasteiger partial charge in [-0.3, -0.25) is 10.1 Å². The van der Waals surface area contributed by atoms with Crippen LogP contribution in [0, 0.1) is 11.6 Å². The van der Waals surface area contributed by atoms with Crippen LogP contribution in [0.3, 0.4) is 0 Å². The van der Waals surface area contributed by atoms with E-state index in [-0.39, 0.29) is 11.6 Å². The third-order valence-corrected chi connectivity index (χ3v) is 4.27. The summed E-state index contributed by atoms with van der Waals surface area (Å²) < 4.78 is 32.6. The Balaban J connectivity index is 1.47. The molecule has 0 radical (unpaired) electrons. The predicted octanol–water partition coefficient (Wildman–Crippen LogP) is 3.65. The van der Waals surface area contributed by atoms with Gasteiger partial charge in [0, 0.05) is 41.7 Å². The Hall–Kier alpha value is -3.46. The number of aromatic nitrogens is 5. The highest BCUT2D eigenvalue weighted by Gasteiger charge is 2.17. The van der Waals surface area contributed by atoms with Gasteiger partial charge in [0.1, 0.15) is 11.6 Å². The SMILES string of the molecule is C[C@@H](NCc1cn[nH]c1-c1ccc(F)cc1F)c1nc(-c2ccncc2)no1. The maximum Gasteiger partial charge on any atom is 0.243 e. The Kier molecular flexibility index (Phi) is 4.90. The summed E-state index contributed by atoms with van der Waals surface area (Å²) in [6, 6.07) is 6.77. The van der Waals surface area contributed by atoms with E-state index >= 15 is 0 Å². The molecule has 28 heavy (non-hydrogen) atoms. The largest absolute Gasteiger partial charge is 0.337 e. The first-order chi connectivity index (χ1) is 13.6. The number of H-pyrrole nitrogens is 1. The Morgan fingerprint density at radius 3 is 2.79 bits per heavy atom. The number of nitrogens with one attached hydrogen (secondary N) is 2. The summed E-state index contributed by atoms with van der Waals surface area (Å²) in [5.41, 5.74) is 2.27. The first-order valence-electron chi connectivity index (χ1n) is 8.57. The maximum absolute atomic E-state index is 14.1. The summed E-state index contributed by atoms with van der Waals surface area (Å²) >= 11 is 0. The minimum Gasteiger partial charge on any atom is -0.337 e. The summed E-state index contributed by atoms with van der Waals surface area (Å²) in [5, 5.41) is 14.0. The van der Waals surface area contributed by atoms with Crippen molar-refractivity contribution >= 4 is 0 Å². The second kappa shape index (κ2) is 7.65. The van der Waals surface area contributed by atoms with Gasteiger partial charge in [-0.25, -0.2) is 8.78 Å². The predicted molar refractivity (Wildman–Crippen MR) is 96.7 cm³/mol. The zero-order valence-corrected chi connectivity index (χ0v) is 14.9. The van der Waals surface area contributed by atoms with E-state index in [0.29, 0.717) is 24.0 Å². The van der Waals surface area contributed by atoms with Crippen molar-refractivity contribution in [3.8, 4) is 22.6 Å². The molecule has 9 heteroatoms. The maximum atomic E-state index is 14.1. The van der Waals surface area contributed by atoms with Crippen LogP contribution in [-0.4, -0.2) is 25.3 Å². The number of rotatable bonds is 6. The molecule has 0 aliphatic rings. The van der Waals surface area contributed by atoms with E-state index < -0.39 is 11.6 Å². The molecule has 0 spiro atoms. The Labute approximate surface area is 158 Å². The Morgan fingerprint density at radius 1 is 1.18 bits per heavy atom. The molecule has 0 bridgehead atoms. The van der Waals surface area contributed by atoms with Gasteiger partial charge in [-0.15, -0.1) is 0 Å². The summed E-state index contributed by atoms with van der Waals surface area (Å²) in [4.78, 5) is 8.35. The Morgan fingerprint density at radius 2 is 2.00 bits per heavy atom. The third kappa shape index (κ3) is 3.65. The van der Waals surface area contributed by atoms with Crippen LogP contribution < -0.4 is 5.32 Å². The molecule has 4 aromatic rings. The lowest BCUT2D eigenvalue weighted by Gasteiger charge is -2.10. The van der Waals surface area contributed by atoms with Gasteiger partial charge in [-0.2, -0.15) is 10.1 Å². The van der Waals surface area contributed by atoms with Gasteiger partial charge in [-0.05, 0) is 31.2 Å². The molecule has 3 aromatic heterocycles. The van der Waals surface area contributed by atoms with E-state index in [4.69, 9.17) is 4.52 Å². The van der Waals surface area contributed by atoms with Gasteiger partial charge in [-0.1, -0.05) is 5.16 Å². The second-order valence-corrected chi connectivity index (χ2v) is 6.19. The van der Waals surface area contributed by atoms with Gasteiger partial charge < -0.3 is 9.84 Å². The number of aromatic amines is 1. The van der Waals surface area contributed by atoms with Gasteiger partial charge in [0.05, 0.1) is 17.9 Å². The molecule has 3 heterocycles. The topological polar surface area (TPSA) is 92.5 Å². The van der Waals surface area contributed by atoms with Crippen molar-refractivity contribution < 1.29 is 13.3 Å². The van der Waals surface area contributed by atoms with Crippen LogP contribution in [0.5, 0.6) is 0 Å². The van der Waals surface area contributed by atoms with Crippen LogP contribution in [0.2, 0.25) is 0 Å². The van der Waals surface area contributed by atoms with Gasteiger partial charge >= 0.3 is 0 Å². The molecular formula is C19H16F2N6O. The average molecular weight is 382 g/mol. The highest BCUT2D eigenvalue weighted by molar-refractivity contribution is 5.63. The van der Waals surface area contributed by atoms with E-state index in [1.54, 1.807) is 30.7 Å². The molecular weight excluding hydrogens is 366 g/mol. The number of nitrogens with zero attached hydrogens (tertiary/aromatic N) is 4. The number of benzene rings is 1. The molecule has 142 valence electrons. The van der Waals surface area contributed by atoms with Crippen LogP contribution in [0.15, 0.2) is 53.4 Å². The van der Waals surface area contributed by atoms with Gasteiger partial charge in [0.15, 0.2) is 0 Å². The minimum absolute atomic E-state index is 0.246. The summed E-state index contributed by atoms with van der Waals surface area (Å²) in [6.07, 6.45) is 4.90. The minimum atomic E-state index is -0.655. The van der Waals surface area contributed by atoms with Gasteiger partial charge in [0.25, 0.3) is 0 Å². The summed E-state index contributed by atoms with van der Waals surface area (Å²) in [7, 11) is 0. The van der Waals surface area contributed by atoms with Crippen molar-refractivity contribution in [2.75, 3.05) is 0 Å². The van der Waals surface area contributed by atoms with Crippen LogP contribution in [-0.2, 0) is 6.54 Å². The molecule has 0 unspecified atom stereocenters. The van der Waals surface area contributed by atoms with Crippen molar-refractivity contribution in [2.45, 2.75) is 19.5 Å². The lowest BCUT2D eigenvalue weighted by atomic mass is 10.1. The van der Waals surface area contributed by atoms with E-state index in [2.05, 4.69) is 30.6 Å². The highest BCUT2D eigenvalue weighted by Crippen LogP contribution is 2.25. The molecule has 1 aromatic carbocycles. The lowest BCUT2D eigenvalue weighted by molar-refractivity contribution is 0.339. The first kappa shape index (κ1) is 17.9.